The molecule has 1 N–H and O–H groups in total. The number of carboxylic acids is 1. The van der Waals surface area contributed by atoms with E-state index in [0.29, 0.717) is 11.3 Å². The van der Waals surface area contributed by atoms with Gasteiger partial charge in [0.1, 0.15) is 5.75 Å². The number of rotatable bonds is 5. The van der Waals surface area contributed by atoms with Crippen molar-refractivity contribution in [2.24, 2.45) is 0 Å². The van der Waals surface area contributed by atoms with Crippen LogP contribution in [-0.4, -0.2) is 42.1 Å². The Hall–Kier alpha value is -2.04. The summed E-state index contributed by atoms with van der Waals surface area (Å²) in [6.07, 6.45) is -0.0772. The molecule has 5 nitrogen and oxygen atoms in total. The van der Waals surface area contributed by atoms with E-state index in [1.165, 1.54) is 12.0 Å². The molecule has 1 amide bonds. The van der Waals surface area contributed by atoms with Crippen LogP contribution >= 0.6 is 0 Å². The minimum absolute atomic E-state index is 0.0772. The van der Waals surface area contributed by atoms with Crippen molar-refractivity contribution >= 4 is 11.9 Å². The van der Waals surface area contributed by atoms with E-state index in [1.54, 1.807) is 38.2 Å². The smallest absolute Gasteiger partial charge is 0.305 e. The molecule has 0 spiro atoms. The normalized spacial score (nSPS) is 11.7. The molecular formula is C13H17NO4. The maximum absolute atomic E-state index is 12.1. The molecule has 0 heterocycles. The van der Waals surface area contributed by atoms with Gasteiger partial charge in [0, 0.05) is 18.7 Å². The van der Waals surface area contributed by atoms with Gasteiger partial charge in [-0.1, -0.05) is 6.07 Å². The molecule has 1 atom stereocenters. The molecule has 0 fully saturated rings. The third kappa shape index (κ3) is 3.48. The number of nitrogens with zero attached hydrogens (tertiary/aromatic N) is 1. The number of hydrogen-bond acceptors (Lipinski definition) is 3. The van der Waals surface area contributed by atoms with Crippen LogP contribution in [0.15, 0.2) is 24.3 Å². The van der Waals surface area contributed by atoms with E-state index in [9.17, 15) is 9.59 Å². The van der Waals surface area contributed by atoms with E-state index in [2.05, 4.69) is 0 Å². The van der Waals surface area contributed by atoms with Gasteiger partial charge >= 0.3 is 5.97 Å². The Morgan fingerprint density at radius 2 is 2.11 bits per heavy atom. The summed E-state index contributed by atoms with van der Waals surface area (Å²) < 4.78 is 5.04. The molecule has 0 aromatic heterocycles. The molecular weight excluding hydrogens is 234 g/mol. The summed E-state index contributed by atoms with van der Waals surface area (Å²) in [6, 6.07) is 6.42. The summed E-state index contributed by atoms with van der Waals surface area (Å²) in [5.74, 6) is -0.546. The Kier molecular flexibility index (Phi) is 4.71. The SMILES string of the molecule is COc1cccc(C(=O)N(C)C(C)CC(=O)O)c1. The fraction of sp³-hybridized carbons (Fsp3) is 0.385. The van der Waals surface area contributed by atoms with Gasteiger partial charge < -0.3 is 14.7 Å². The number of hydrogen-bond donors (Lipinski definition) is 1. The van der Waals surface area contributed by atoms with Crippen molar-refractivity contribution in [3.05, 3.63) is 29.8 Å². The summed E-state index contributed by atoms with van der Waals surface area (Å²) in [6.45, 7) is 1.70. The van der Waals surface area contributed by atoms with E-state index >= 15 is 0 Å². The number of methoxy groups -OCH3 is 1. The molecule has 1 aromatic carbocycles. The Labute approximate surface area is 106 Å². The lowest BCUT2D eigenvalue weighted by molar-refractivity contribution is -0.137. The molecule has 0 aliphatic heterocycles. The zero-order chi connectivity index (χ0) is 13.7. The Balaban J connectivity index is 2.82. The number of ether oxygens (including phenoxy) is 1. The van der Waals surface area contributed by atoms with Crippen LogP contribution < -0.4 is 4.74 Å². The highest BCUT2D eigenvalue weighted by Crippen LogP contribution is 2.15. The molecule has 0 radical (unpaired) electrons. The molecule has 0 saturated heterocycles. The van der Waals surface area contributed by atoms with Crippen LogP contribution in [0.1, 0.15) is 23.7 Å². The Bertz CT molecular complexity index is 444. The minimum atomic E-state index is -0.923. The predicted octanol–water partition coefficient (Wildman–Crippen LogP) is 1.63. The topological polar surface area (TPSA) is 66.8 Å². The highest BCUT2D eigenvalue weighted by atomic mass is 16.5. The van der Waals surface area contributed by atoms with Crippen LogP contribution in [0.25, 0.3) is 0 Å². The van der Waals surface area contributed by atoms with E-state index in [0.717, 1.165) is 0 Å². The minimum Gasteiger partial charge on any atom is -0.497 e. The lowest BCUT2D eigenvalue weighted by Crippen LogP contribution is -2.36. The number of amides is 1. The summed E-state index contributed by atoms with van der Waals surface area (Å²) in [7, 11) is 3.12. The first-order valence-electron chi connectivity index (χ1n) is 5.58. The molecule has 1 unspecified atom stereocenters. The zero-order valence-corrected chi connectivity index (χ0v) is 10.7. The van der Waals surface area contributed by atoms with Crippen molar-refractivity contribution in [1.29, 1.82) is 0 Å². The van der Waals surface area contributed by atoms with Crippen LogP contribution in [0.3, 0.4) is 0 Å². The van der Waals surface area contributed by atoms with Crippen molar-refractivity contribution in [3.63, 3.8) is 0 Å². The van der Waals surface area contributed by atoms with E-state index in [4.69, 9.17) is 9.84 Å². The number of carbonyl (C=O) groups excluding carboxylic acids is 1. The van der Waals surface area contributed by atoms with Crippen molar-refractivity contribution in [1.82, 2.24) is 4.90 Å². The first kappa shape index (κ1) is 14.0. The quantitative estimate of drug-likeness (QED) is 0.863. The van der Waals surface area contributed by atoms with Crippen LogP contribution in [0.5, 0.6) is 5.75 Å². The second-order valence-electron chi connectivity index (χ2n) is 4.09. The van der Waals surface area contributed by atoms with Gasteiger partial charge in [-0.15, -0.1) is 0 Å². The average molecular weight is 251 g/mol. The van der Waals surface area contributed by atoms with E-state index in [-0.39, 0.29) is 18.4 Å². The van der Waals surface area contributed by atoms with Gasteiger partial charge in [0.05, 0.1) is 13.5 Å². The standard InChI is InChI=1S/C13H17NO4/c1-9(7-12(15)16)14(2)13(17)10-5-4-6-11(8-10)18-3/h4-6,8-9H,7H2,1-3H3,(H,15,16). The van der Waals surface area contributed by atoms with Crippen molar-refractivity contribution in [2.45, 2.75) is 19.4 Å². The third-order valence-corrected chi connectivity index (χ3v) is 2.77. The summed E-state index contributed by atoms with van der Waals surface area (Å²) in [5.41, 5.74) is 0.481. The zero-order valence-electron chi connectivity index (χ0n) is 10.7. The summed E-state index contributed by atoms with van der Waals surface area (Å²) in [5, 5.41) is 8.71. The fourth-order valence-corrected chi connectivity index (χ4v) is 1.55. The third-order valence-electron chi connectivity index (χ3n) is 2.77. The molecule has 98 valence electrons. The van der Waals surface area contributed by atoms with Gasteiger partial charge in [-0.3, -0.25) is 9.59 Å². The highest BCUT2D eigenvalue weighted by molar-refractivity contribution is 5.94. The van der Waals surface area contributed by atoms with Crippen molar-refractivity contribution in [3.8, 4) is 5.75 Å². The monoisotopic (exact) mass is 251 g/mol. The van der Waals surface area contributed by atoms with Crippen molar-refractivity contribution in [2.75, 3.05) is 14.2 Å². The molecule has 0 saturated carbocycles. The van der Waals surface area contributed by atoms with Crippen LogP contribution in [0.2, 0.25) is 0 Å². The second kappa shape index (κ2) is 6.05. The molecule has 0 bridgehead atoms. The average Bonchev–Trinajstić information content (AvgIpc) is 2.36. The summed E-state index contributed by atoms with van der Waals surface area (Å²) >= 11 is 0. The van der Waals surface area contributed by atoms with Gasteiger partial charge in [0.2, 0.25) is 0 Å². The van der Waals surface area contributed by atoms with Gasteiger partial charge in [-0.25, -0.2) is 0 Å². The number of carboxylic acid groups (broad SMARTS) is 1. The second-order valence-corrected chi connectivity index (χ2v) is 4.09. The first-order chi connectivity index (χ1) is 8.45. The van der Waals surface area contributed by atoms with Crippen LogP contribution in [0.4, 0.5) is 0 Å². The maximum Gasteiger partial charge on any atom is 0.305 e. The van der Waals surface area contributed by atoms with Gasteiger partial charge in [0.25, 0.3) is 5.91 Å². The first-order valence-corrected chi connectivity index (χ1v) is 5.58. The Morgan fingerprint density at radius 3 is 2.67 bits per heavy atom. The number of aliphatic carboxylic acids is 1. The van der Waals surface area contributed by atoms with Gasteiger partial charge in [-0.2, -0.15) is 0 Å². The van der Waals surface area contributed by atoms with Crippen LogP contribution in [0, 0.1) is 0 Å². The van der Waals surface area contributed by atoms with Crippen molar-refractivity contribution < 1.29 is 19.4 Å². The maximum atomic E-state index is 12.1. The molecule has 0 aliphatic carbocycles. The molecule has 18 heavy (non-hydrogen) atoms. The Morgan fingerprint density at radius 1 is 1.44 bits per heavy atom. The number of carbonyl (C=O) groups is 2. The van der Waals surface area contributed by atoms with Crippen LogP contribution in [-0.2, 0) is 4.79 Å². The molecule has 5 heteroatoms. The number of benzene rings is 1. The van der Waals surface area contributed by atoms with Gasteiger partial charge in [-0.05, 0) is 25.1 Å². The van der Waals surface area contributed by atoms with Gasteiger partial charge in [0.15, 0.2) is 0 Å². The van der Waals surface area contributed by atoms with E-state index in [1.807, 2.05) is 0 Å². The molecule has 0 aliphatic rings. The fourth-order valence-electron chi connectivity index (χ4n) is 1.55. The van der Waals surface area contributed by atoms with E-state index < -0.39 is 5.97 Å². The lowest BCUT2D eigenvalue weighted by atomic mass is 10.1. The summed E-state index contributed by atoms with van der Waals surface area (Å²) in [4.78, 5) is 24.1. The molecule has 1 aromatic rings. The molecule has 1 rings (SSSR count). The lowest BCUT2D eigenvalue weighted by Gasteiger charge is -2.23. The highest BCUT2D eigenvalue weighted by Gasteiger charge is 2.19. The largest absolute Gasteiger partial charge is 0.497 e. The predicted molar refractivity (Wildman–Crippen MR) is 66.8 cm³/mol.